The van der Waals surface area contributed by atoms with E-state index in [1.54, 1.807) is 0 Å². The van der Waals surface area contributed by atoms with Crippen LogP contribution in [0.3, 0.4) is 0 Å². The van der Waals surface area contributed by atoms with Crippen LogP contribution in [-0.2, 0) is 4.79 Å². The summed E-state index contributed by atoms with van der Waals surface area (Å²) in [5.41, 5.74) is 0. The van der Waals surface area contributed by atoms with E-state index in [1.165, 1.54) is 193 Å². The minimum atomic E-state index is -0.673. The number of carbonyl (C=O) groups excluding carboxylic acids is 1. The van der Waals surface area contributed by atoms with Crippen molar-refractivity contribution >= 4 is 5.91 Å². The zero-order valence-corrected chi connectivity index (χ0v) is 50.9. The number of unbranched alkanes of at least 4 members (excludes halogenated alkanes) is 33. The summed E-state index contributed by atoms with van der Waals surface area (Å²) in [6.07, 6.45) is 102. The number of aliphatic hydroxyl groups is 2. The Kier molecular flexibility index (Phi) is 64.3. The molecule has 0 fully saturated rings. The zero-order valence-electron chi connectivity index (χ0n) is 50.9. The maximum atomic E-state index is 12.5. The van der Waals surface area contributed by atoms with Crippen LogP contribution in [0.25, 0.3) is 0 Å². The first-order valence-corrected chi connectivity index (χ1v) is 33.2. The lowest BCUT2D eigenvalue weighted by Crippen LogP contribution is -2.45. The molecule has 1 amide bonds. The summed E-state index contributed by atoms with van der Waals surface area (Å²) in [6.45, 7) is 4.26. The van der Waals surface area contributed by atoms with Gasteiger partial charge in [-0.2, -0.15) is 0 Å². The van der Waals surface area contributed by atoms with E-state index in [9.17, 15) is 15.0 Å². The third-order valence-corrected chi connectivity index (χ3v) is 14.7. The van der Waals surface area contributed by atoms with E-state index in [-0.39, 0.29) is 12.5 Å². The van der Waals surface area contributed by atoms with Crippen LogP contribution in [0, 0.1) is 0 Å². The van der Waals surface area contributed by atoms with E-state index >= 15 is 0 Å². The molecule has 2 unspecified atom stereocenters. The Morgan fingerprint density at radius 2 is 0.571 bits per heavy atom. The summed E-state index contributed by atoms with van der Waals surface area (Å²) in [4.78, 5) is 12.5. The van der Waals surface area contributed by atoms with Crippen molar-refractivity contribution in [1.29, 1.82) is 0 Å². The Morgan fingerprint density at radius 3 is 0.857 bits per heavy atom. The molecule has 0 rings (SSSR count). The van der Waals surface area contributed by atoms with E-state index in [2.05, 4.69) is 141 Å². The highest BCUT2D eigenvalue weighted by molar-refractivity contribution is 5.76. The topological polar surface area (TPSA) is 69.6 Å². The van der Waals surface area contributed by atoms with Crippen molar-refractivity contribution < 1.29 is 15.0 Å². The summed E-state index contributed by atoms with van der Waals surface area (Å²) in [5, 5.41) is 23.4. The second kappa shape index (κ2) is 67.1. The van der Waals surface area contributed by atoms with E-state index in [1.807, 2.05) is 0 Å². The molecule has 0 aliphatic rings. The maximum absolute atomic E-state index is 12.5. The zero-order chi connectivity index (χ0) is 55.5. The highest BCUT2D eigenvalue weighted by atomic mass is 16.3. The van der Waals surface area contributed by atoms with Crippen molar-refractivity contribution in [1.82, 2.24) is 5.32 Å². The smallest absolute Gasteiger partial charge is 0.220 e. The number of amides is 1. The van der Waals surface area contributed by atoms with Crippen LogP contribution in [0.15, 0.2) is 122 Å². The minimum Gasteiger partial charge on any atom is -0.394 e. The molecule has 0 radical (unpaired) electrons. The van der Waals surface area contributed by atoms with Crippen molar-refractivity contribution in [2.24, 2.45) is 0 Å². The Bertz CT molecular complexity index is 1490. The fourth-order valence-electron chi connectivity index (χ4n) is 9.75. The van der Waals surface area contributed by atoms with Gasteiger partial charge in [-0.15, -0.1) is 0 Å². The predicted molar refractivity (Wildman–Crippen MR) is 345 cm³/mol. The molecule has 0 spiro atoms. The quantitative estimate of drug-likeness (QED) is 0.0420. The van der Waals surface area contributed by atoms with Crippen molar-refractivity contribution in [2.45, 2.75) is 328 Å². The van der Waals surface area contributed by atoms with Crippen LogP contribution < -0.4 is 5.32 Å². The van der Waals surface area contributed by atoms with Crippen LogP contribution in [0.4, 0.5) is 0 Å². The fraction of sp³-hybridized carbons (Fsp3) is 0.712. The van der Waals surface area contributed by atoms with Gasteiger partial charge >= 0.3 is 0 Å². The third kappa shape index (κ3) is 63.5. The first kappa shape index (κ1) is 73.8. The predicted octanol–water partition coefficient (Wildman–Crippen LogP) is 22.8. The van der Waals surface area contributed by atoms with E-state index < -0.39 is 12.1 Å². The number of hydrogen-bond donors (Lipinski definition) is 3. The first-order chi connectivity index (χ1) is 38.2. The SMILES string of the molecule is CC/C=C\C/C=C\C/C=C\C/C=C\C/C=C\C/C=C\C/C=C\C/C=C\C/C=C\C/C=C\CCCCCCCCCCC(=O)NC(CO)C(O)CCCCCCCCCCCCCCCCCCCCCCCCCCCC. The largest absolute Gasteiger partial charge is 0.394 e. The van der Waals surface area contributed by atoms with Crippen LogP contribution in [0.1, 0.15) is 316 Å². The second-order valence-electron chi connectivity index (χ2n) is 22.2. The Morgan fingerprint density at radius 1 is 0.325 bits per heavy atom. The van der Waals surface area contributed by atoms with Crippen molar-refractivity contribution in [3.63, 3.8) is 0 Å². The summed E-state index contributed by atoms with van der Waals surface area (Å²) in [7, 11) is 0. The van der Waals surface area contributed by atoms with Gasteiger partial charge in [0.25, 0.3) is 0 Å². The lowest BCUT2D eigenvalue weighted by atomic mass is 10.0. The van der Waals surface area contributed by atoms with Gasteiger partial charge in [0, 0.05) is 6.42 Å². The number of carbonyl (C=O) groups is 1. The molecule has 0 bridgehead atoms. The van der Waals surface area contributed by atoms with Gasteiger partial charge in [0.15, 0.2) is 0 Å². The maximum Gasteiger partial charge on any atom is 0.220 e. The standard InChI is InChI=1S/C73H127NO3/c1-3-5-7-9-11-13-15-17-19-21-23-25-27-29-31-32-33-34-35-36-37-38-39-40-41-42-43-45-47-49-51-53-55-57-59-61-63-65-67-69-73(77)74-71(70-75)72(76)68-66-64-62-60-58-56-54-52-50-48-46-44-30-28-26-24-22-20-18-16-14-12-10-8-6-4-2/h5,7,11,13,17,19,23,25,29,31,33-34,36-37,39-40,42-43,47,49,71-72,75-76H,3-4,6,8-10,12,14-16,18,20-22,24,26-28,30,32,35,38,41,44-46,48,50-70H2,1-2H3,(H,74,77)/b7-5-,13-11-,19-17-,25-23-,31-29-,34-33-,37-36-,40-39-,43-42-,49-47-. The number of nitrogens with one attached hydrogen (secondary N) is 1. The lowest BCUT2D eigenvalue weighted by molar-refractivity contribution is -0.123. The summed E-state index contributed by atoms with van der Waals surface area (Å²) in [6, 6.07) is -0.551. The highest BCUT2D eigenvalue weighted by Gasteiger charge is 2.20. The normalized spacial score (nSPS) is 13.6. The van der Waals surface area contributed by atoms with Crippen molar-refractivity contribution in [3.8, 4) is 0 Å². The molecule has 4 heteroatoms. The molecule has 0 aromatic carbocycles. The average molecular weight is 1070 g/mol. The van der Waals surface area contributed by atoms with Gasteiger partial charge in [-0.05, 0) is 89.9 Å². The molecular weight excluding hydrogens is 939 g/mol. The molecule has 0 aromatic heterocycles. The van der Waals surface area contributed by atoms with Gasteiger partial charge in [0.1, 0.15) is 0 Å². The first-order valence-electron chi connectivity index (χ1n) is 33.2. The Labute approximate surface area is 479 Å². The summed E-state index contributed by atoms with van der Waals surface area (Å²) in [5.74, 6) is -0.0409. The Balaban J connectivity index is 3.56. The molecule has 0 aliphatic heterocycles. The molecule has 0 saturated heterocycles. The second-order valence-corrected chi connectivity index (χ2v) is 22.2. The molecular formula is C73H127NO3. The van der Waals surface area contributed by atoms with Crippen molar-refractivity contribution in [3.05, 3.63) is 122 Å². The molecule has 0 aromatic rings. The van der Waals surface area contributed by atoms with Crippen LogP contribution >= 0.6 is 0 Å². The molecule has 0 aliphatic carbocycles. The minimum absolute atomic E-state index is 0.0409. The van der Waals surface area contributed by atoms with Gasteiger partial charge in [0.2, 0.25) is 5.91 Å². The van der Waals surface area contributed by atoms with Gasteiger partial charge in [-0.1, -0.05) is 341 Å². The van der Waals surface area contributed by atoms with Crippen LogP contribution in [0.5, 0.6) is 0 Å². The van der Waals surface area contributed by atoms with E-state index in [4.69, 9.17) is 0 Å². The molecule has 0 saturated carbocycles. The lowest BCUT2D eigenvalue weighted by Gasteiger charge is -2.22. The van der Waals surface area contributed by atoms with Gasteiger partial charge < -0.3 is 15.5 Å². The van der Waals surface area contributed by atoms with Crippen LogP contribution in [0.2, 0.25) is 0 Å². The van der Waals surface area contributed by atoms with Gasteiger partial charge in [0.05, 0.1) is 18.8 Å². The van der Waals surface area contributed by atoms with Crippen molar-refractivity contribution in [2.75, 3.05) is 6.61 Å². The molecule has 4 nitrogen and oxygen atoms in total. The number of allylic oxidation sites excluding steroid dienone is 20. The molecule has 77 heavy (non-hydrogen) atoms. The molecule has 0 heterocycles. The highest BCUT2D eigenvalue weighted by Crippen LogP contribution is 2.18. The molecule has 3 N–H and O–H groups in total. The monoisotopic (exact) mass is 1070 g/mol. The average Bonchev–Trinajstić information content (AvgIpc) is 3.43. The van der Waals surface area contributed by atoms with E-state index in [0.29, 0.717) is 12.8 Å². The summed E-state index contributed by atoms with van der Waals surface area (Å²) < 4.78 is 0. The number of rotatable bonds is 60. The van der Waals surface area contributed by atoms with Crippen LogP contribution in [-0.4, -0.2) is 34.9 Å². The third-order valence-electron chi connectivity index (χ3n) is 14.7. The molecule has 442 valence electrons. The number of hydrogen-bond acceptors (Lipinski definition) is 3. The van der Waals surface area contributed by atoms with Gasteiger partial charge in [-0.3, -0.25) is 4.79 Å². The fourth-order valence-corrected chi connectivity index (χ4v) is 9.75. The Hall–Kier alpha value is -3.21. The molecule has 2 atom stereocenters. The van der Waals surface area contributed by atoms with E-state index in [0.717, 1.165) is 96.3 Å². The number of aliphatic hydroxyl groups excluding tert-OH is 2. The van der Waals surface area contributed by atoms with Gasteiger partial charge in [-0.25, -0.2) is 0 Å². The summed E-state index contributed by atoms with van der Waals surface area (Å²) >= 11 is 0.